The third-order valence-electron chi connectivity index (χ3n) is 3.43. The molecule has 0 saturated carbocycles. The number of ketones is 1. The molecule has 0 aromatic rings. The summed E-state index contributed by atoms with van der Waals surface area (Å²) in [4.78, 5) is 28.1. The molecule has 1 rings (SSSR count). The van der Waals surface area contributed by atoms with Crippen LogP contribution in [0.1, 0.15) is 13.8 Å². The molecule has 6 nitrogen and oxygen atoms in total. The molecule has 1 atom stereocenters. The van der Waals surface area contributed by atoms with Gasteiger partial charge in [0, 0.05) is 26.2 Å². The summed E-state index contributed by atoms with van der Waals surface area (Å²) in [6.45, 7) is 7.37. The summed E-state index contributed by atoms with van der Waals surface area (Å²) >= 11 is 0. The molecule has 1 aliphatic heterocycles. The highest BCUT2D eigenvalue weighted by Gasteiger charge is 2.26. The number of Topliss-reactive ketones (excluding diaryl/α,β-unsaturated/α-hetero) is 1. The Kier molecular flexibility index (Phi) is 6.24. The number of nitrogens with one attached hydrogen (secondary N) is 2. The van der Waals surface area contributed by atoms with Crippen molar-refractivity contribution in [2.75, 3.05) is 46.8 Å². The molecule has 0 bridgehead atoms. The maximum absolute atomic E-state index is 12.2. The van der Waals surface area contributed by atoms with Gasteiger partial charge in [0.25, 0.3) is 0 Å². The van der Waals surface area contributed by atoms with Crippen LogP contribution in [0.3, 0.4) is 0 Å². The van der Waals surface area contributed by atoms with Gasteiger partial charge in [0.2, 0.25) is 0 Å². The standard InChI is InChI=1S/C13H26N4O2/c1-10(2)12(11(18)9-14-3)15-13(19)17-7-5-16(4)6-8-17/h10,12,14H,5-9H2,1-4H3,(H,15,19). The number of likely N-dealkylation sites (N-methyl/N-ethyl adjacent to an activating group) is 2. The van der Waals surface area contributed by atoms with Crippen molar-refractivity contribution >= 4 is 11.8 Å². The largest absolute Gasteiger partial charge is 0.328 e. The highest BCUT2D eigenvalue weighted by Crippen LogP contribution is 2.05. The Hall–Kier alpha value is -1.14. The summed E-state index contributed by atoms with van der Waals surface area (Å²) in [7, 11) is 3.78. The smallest absolute Gasteiger partial charge is 0.318 e. The molecule has 0 aliphatic carbocycles. The van der Waals surface area contributed by atoms with Crippen molar-refractivity contribution in [2.45, 2.75) is 19.9 Å². The summed E-state index contributed by atoms with van der Waals surface area (Å²) in [6.07, 6.45) is 0. The molecule has 1 fully saturated rings. The molecule has 1 unspecified atom stereocenters. The number of hydrogen-bond acceptors (Lipinski definition) is 4. The Morgan fingerprint density at radius 3 is 2.21 bits per heavy atom. The van der Waals surface area contributed by atoms with E-state index in [0.717, 1.165) is 13.1 Å². The molecular weight excluding hydrogens is 244 g/mol. The van der Waals surface area contributed by atoms with Gasteiger partial charge in [-0.3, -0.25) is 4.79 Å². The fraction of sp³-hybridized carbons (Fsp3) is 0.846. The summed E-state index contributed by atoms with van der Waals surface area (Å²) in [5.41, 5.74) is 0. The minimum Gasteiger partial charge on any atom is -0.328 e. The van der Waals surface area contributed by atoms with E-state index in [1.165, 1.54) is 0 Å². The predicted molar refractivity (Wildman–Crippen MR) is 75.2 cm³/mol. The minimum atomic E-state index is -0.417. The SMILES string of the molecule is CNCC(=O)C(NC(=O)N1CCN(C)CC1)C(C)C. The number of carbonyl (C=O) groups excluding carboxylic acids is 2. The van der Waals surface area contributed by atoms with E-state index in [9.17, 15) is 9.59 Å². The zero-order valence-corrected chi connectivity index (χ0v) is 12.4. The molecule has 0 aromatic heterocycles. The number of piperazine rings is 1. The zero-order valence-electron chi connectivity index (χ0n) is 12.4. The van der Waals surface area contributed by atoms with E-state index in [0.29, 0.717) is 13.1 Å². The molecule has 2 amide bonds. The zero-order chi connectivity index (χ0) is 14.4. The molecule has 19 heavy (non-hydrogen) atoms. The molecule has 6 heteroatoms. The lowest BCUT2D eigenvalue weighted by molar-refractivity contribution is -0.120. The molecule has 1 aliphatic rings. The van der Waals surface area contributed by atoms with Crippen LogP contribution in [0.5, 0.6) is 0 Å². The molecule has 1 saturated heterocycles. The van der Waals surface area contributed by atoms with Gasteiger partial charge in [-0.25, -0.2) is 4.79 Å². The third-order valence-corrected chi connectivity index (χ3v) is 3.43. The highest BCUT2D eigenvalue weighted by molar-refractivity contribution is 5.90. The Morgan fingerprint density at radius 1 is 1.16 bits per heavy atom. The monoisotopic (exact) mass is 270 g/mol. The quantitative estimate of drug-likeness (QED) is 0.723. The number of amides is 2. The van der Waals surface area contributed by atoms with E-state index in [4.69, 9.17) is 0 Å². The van der Waals surface area contributed by atoms with Crippen molar-refractivity contribution in [2.24, 2.45) is 5.92 Å². The third kappa shape index (κ3) is 4.80. The van der Waals surface area contributed by atoms with Crippen molar-refractivity contribution in [1.82, 2.24) is 20.4 Å². The lowest BCUT2D eigenvalue weighted by Crippen LogP contribution is -2.55. The number of nitrogens with zero attached hydrogens (tertiary/aromatic N) is 2. The second-order valence-electron chi connectivity index (χ2n) is 5.46. The number of rotatable bonds is 5. The van der Waals surface area contributed by atoms with Crippen LogP contribution in [0.15, 0.2) is 0 Å². The summed E-state index contributed by atoms with van der Waals surface area (Å²) in [6, 6.07) is -0.546. The van der Waals surface area contributed by atoms with Crippen LogP contribution in [-0.4, -0.2) is 74.5 Å². The van der Waals surface area contributed by atoms with Crippen LogP contribution in [0.25, 0.3) is 0 Å². The van der Waals surface area contributed by atoms with E-state index in [-0.39, 0.29) is 24.3 Å². The second-order valence-corrected chi connectivity index (χ2v) is 5.46. The molecular formula is C13H26N4O2. The van der Waals surface area contributed by atoms with Crippen LogP contribution in [0.2, 0.25) is 0 Å². The summed E-state index contributed by atoms with van der Waals surface area (Å²) in [5, 5.41) is 5.70. The van der Waals surface area contributed by atoms with Gasteiger partial charge in [-0.1, -0.05) is 13.8 Å². The average Bonchev–Trinajstić information content (AvgIpc) is 2.36. The van der Waals surface area contributed by atoms with E-state index < -0.39 is 6.04 Å². The van der Waals surface area contributed by atoms with Crippen LogP contribution in [-0.2, 0) is 4.79 Å². The van der Waals surface area contributed by atoms with E-state index in [1.807, 2.05) is 20.9 Å². The maximum atomic E-state index is 12.2. The number of carbonyl (C=O) groups is 2. The molecule has 0 aromatic carbocycles. The van der Waals surface area contributed by atoms with Gasteiger partial charge in [0.05, 0.1) is 12.6 Å². The van der Waals surface area contributed by atoms with Crippen LogP contribution >= 0.6 is 0 Å². The first-order valence-corrected chi connectivity index (χ1v) is 6.87. The average molecular weight is 270 g/mol. The van der Waals surface area contributed by atoms with E-state index in [1.54, 1.807) is 11.9 Å². The first kappa shape index (κ1) is 15.9. The fourth-order valence-electron chi connectivity index (χ4n) is 2.14. The van der Waals surface area contributed by atoms with Crippen LogP contribution in [0.4, 0.5) is 4.79 Å². The molecule has 0 spiro atoms. The second kappa shape index (κ2) is 7.45. The van der Waals surface area contributed by atoms with Crippen molar-refractivity contribution in [1.29, 1.82) is 0 Å². The first-order valence-electron chi connectivity index (χ1n) is 6.87. The van der Waals surface area contributed by atoms with Crippen molar-refractivity contribution in [3.8, 4) is 0 Å². The fourth-order valence-corrected chi connectivity index (χ4v) is 2.14. The molecule has 110 valence electrons. The number of hydrogen-bond donors (Lipinski definition) is 2. The minimum absolute atomic E-state index is 0.0278. The maximum Gasteiger partial charge on any atom is 0.318 e. The Labute approximate surface area is 115 Å². The first-order chi connectivity index (χ1) is 8.95. The van der Waals surface area contributed by atoms with E-state index in [2.05, 4.69) is 15.5 Å². The van der Waals surface area contributed by atoms with Gasteiger partial charge >= 0.3 is 6.03 Å². The van der Waals surface area contributed by atoms with Crippen LogP contribution < -0.4 is 10.6 Å². The van der Waals surface area contributed by atoms with Crippen molar-refractivity contribution < 1.29 is 9.59 Å². The lowest BCUT2D eigenvalue weighted by atomic mass is 10.00. The molecule has 1 heterocycles. The van der Waals surface area contributed by atoms with Crippen molar-refractivity contribution in [3.63, 3.8) is 0 Å². The molecule has 2 N–H and O–H groups in total. The van der Waals surface area contributed by atoms with Crippen molar-refractivity contribution in [3.05, 3.63) is 0 Å². The Balaban J connectivity index is 2.54. The normalized spacial score (nSPS) is 18.5. The number of urea groups is 1. The Bertz CT molecular complexity index is 312. The van der Waals surface area contributed by atoms with Gasteiger partial charge in [-0.05, 0) is 20.0 Å². The van der Waals surface area contributed by atoms with Gasteiger partial charge in [0.1, 0.15) is 0 Å². The van der Waals surface area contributed by atoms with Gasteiger partial charge in [-0.2, -0.15) is 0 Å². The Morgan fingerprint density at radius 2 is 1.74 bits per heavy atom. The van der Waals surface area contributed by atoms with Gasteiger partial charge < -0.3 is 20.4 Å². The van der Waals surface area contributed by atoms with Gasteiger partial charge in [-0.15, -0.1) is 0 Å². The summed E-state index contributed by atoms with van der Waals surface area (Å²) < 4.78 is 0. The summed E-state index contributed by atoms with van der Waals surface area (Å²) in [5.74, 6) is 0.122. The predicted octanol–water partition coefficient (Wildman–Crippen LogP) is -0.243. The lowest BCUT2D eigenvalue weighted by Gasteiger charge is -2.34. The topological polar surface area (TPSA) is 64.7 Å². The van der Waals surface area contributed by atoms with Crippen LogP contribution in [0, 0.1) is 5.92 Å². The van der Waals surface area contributed by atoms with Gasteiger partial charge in [0.15, 0.2) is 5.78 Å². The highest BCUT2D eigenvalue weighted by atomic mass is 16.2. The van der Waals surface area contributed by atoms with E-state index >= 15 is 0 Å². The molecule has 0 radical (unpaired) electrons.